The predicted molar refractivity (Wildman–Crippen MR) is 112 cm³/mol. The van der Waals surface area contributed by atoms with Gasteiger partial charge in [0.1, 0.15) is 0 Å². The Hall–Kier alpha value is -4.31. The highest BCUT2D eigenvalue weighted by Crippen LogP contribution is 2.04. The van der Waals surface area contributed by atoms with Crippen LogP contribution in [0.5, 0.6) is 0 Å². The summed E-state index contributed by atoms with van der Waals surface area (Å²) in [6.07, 6.45) is 5.83. The molecule has 0 spiro atoms. The lowest BCUT2D eigenvalue weighted by Gasteiger charge is -2.09. The van der Waals surface area contributed by atoms with Crippen molar-refractivity contribution in [2.24, 2.45) is 0 Å². The molecule has 10 nitrogen and oxygen atoms in total. The Morgan fingerprint density at radius 2 is 0.677 bits per heavy atom. The van der Waals surface area contributed by atoms with Crippen LogP contribution in [0.2, 0.25) is 0 Å². The molecule has 11 heteroatoms. The quantitative estimate of drug-likeness (QED) is 0.447. The number of hydrogen-bond donors (Lipinski definition) is 4. The molecule has 0 fully saturated rings. The molecule has 0 radical (unpaired) electrons. The van der Waals surface area contributed by atoms with E-state index in [-0.39, 0.29) is 23.5 Å². The lowest BCUT2D eigenvalue weighted by molar-refractivity contribution is 0.0844. The molecular formula is C20H17ClN6O4. The van der Waals surface area contributed by atoms with E-state index in [9.17, 15) is 19.2 Å². The molecule has 158 valence electrons. The molecule has 0 aliphatic carbocycles. The van der Waals surface area contributed by atoms with Crippen molar-refractivity contribution in [3.05, 3.63) is 95.6 Å². The molecule has 3 rings (SSSR count). The summed E-state index contributed by atoms with van der Waals surface area (Å²) < 4.78 is 0. The molecular weight excluding hydrogens is 424 g/mol. The van der Waals surface area contributed by atoms with E-state index in [1.54, 1.807) is 0 Å². The number of hydrazine groups is 2. The van der Waals surface area contributed by atoms with Gasteiger partial charge in [0.2, 0.25) is 0 Å². The first-order chi connectivity index (χ1) is 14.5. The van der Waals surface area contributed by atoms with Gasteiger partial charge < -0.3 is 0 Å². The summed E-state index contributed by atoms with van der Waals surface area (Å²) in [4.78, 5) is 55.7. The highest BCUT2D eigenvalue weighted by atomic mass is 35.5. The lowest BCUT2D eigenvalue weighted by Crippen LogP contribution is -2.42. The van der Waals surface area contributed by atoms with Crippen molar-refractivity contribution in [1.29, 1.82) is 0 Å². The van der Waals surface area contributed by atoms with Gasteiger partial charge in [-0.1, -0.05) is 0 Å². The number of nitrogens with one attached hydrogen (secondary N) is 4. The van der Waals surface area contributed by atoms with Crippen LogP contribution in [-0.4, -0.2) is 33.6 Å². The van der Waals surface area contributed by atoms with Gasteiger partial charge >= 0.3 is 0 Å². The van der Waals surface area contributed by atoms with Gasteiger partial charge in [-0.05, 0) is 48.5 Å². The molecule has 4 amide bonds. The number of benzene rings is 1. The molecule has 0 atom stereocenters. The Kier molecular flexibility index (Phi) is 8.17. The number of halogens is 1. The van der Waals surface area contributed by atoms with Crippen LogP contribution in [0, 0.1) is 0 Å². The Morgan fingerprint density at radius 1 is 0.452 bits per heavy atom. The van der Waals surface area contributed by atoms with E-state index in [0.717, 1.165) is 0 Å². The van der Waals surface area contributed by atoms with Gasteiger partial charge in [0, 0.05) is 47.0 Å². The summed E-state index contributed by atoms with van der Waals surface area (Å²) in [6.45, 7) is 0. The molecule has 0 bridgehead atoms. The fourth-order valence-corrected chi connectivity index (χ4v) is 2.30. The van der Waals surface area contributed by atoms with Crippen LogP contribution in [0.25, 0.3) is 0 Å². The summed E-state index contributed by atoms with van der Waals surface area (Å²) in [5.74, 6) is -2.11. The van der Waals surface area contributed by atoms with Gasteiger partial charge in [0.15, 0.2) is 0 Å². The van der Waals surface area contributed by atoms with Crippen molar-refractivity contribution in [1.82, 2.24) is 31.7 Å². The molecule has 0 aliphatic heterocycles. The Balaban J connectivity index is 0.00000341. The average Bonchev–Trinajstić information content (AvgIpc) is 2.81. The fraction of sp³-hybridized carbons (Fsp3) is 0. The molecule has 3 aromatic rings. The number of pyridine rings is 2. The van der Waals surface area contributed by atoms with E-state index < -0.39 is 23.6 Å². The zero-order valence-electron chi connectivity index (χ0n) is 15.9. The van der Waals surface area contributed by atoms with Crippen molar-refractivity contribution in [2.75, 3.05) is 0 Å². The normalized spacial score (nSPS) is 9.55. The third kappa shape index (κ3) is 6.34. The molecule has 2 heterocycles. The molecule has 2 aromatic heterocycles. The summed E-state index contributed by atoms with van der Waals surface area (Å²) in [7, 11) is 0. The summed E-state index contributed by atoms with van der Waals surface area (Å²) >= 11 is 0. The van der Waals surface area contributed by atoms with Crippen molar-refractivity contribution in [3.8, 4) is 0 Å². The number of aromatic nitrogens is 2. The fourth-order valence-electron chi connectivity index (χ4n) is 2.30. The van der Waals surface area contributed by atoms with Crippen LogP contribution in [0.4, 0.5) is 0 Å². The highest BCUT2D eigenvalue weighted by molar-refractivity contribution is 6.01. The maximum absolute atomic E-state index is 12.1. The monoisotopic (exact) mass is 440 g/mol. The smallest absolute Gasteiger partial charge is 0.267 e. The number of amides is 4. The summed E-state index contributed by atoms with van der Waals surface area (Å²) in [5, 5.41) is 0. The minimum atomic E-state index is -0.560. The van der Waals surface area contributed by atoms with Crippen LogP contribution in [0.1, 0.15) is 41.4 Å². The van der Waals surface area contributed by atoms with Crippen LogP contribution in [0.15, 0.2) is 73.3 Å². The van der Waals surface area contributed by atoms with E-state index in [2.05, 4.69) is 31.7 Å². The van der Waals surface area contributed by atoms with Crippen molar-refractivity contribution in [3.63, 3.8) is 0 Å². The topological polar surface area (TPSA) is 142 Å². The van der Waals surface area contributed by atoms with E-state index in [0.29, 0.717) is 11.1 Å². The van der Waals surface area contributed by atoms with Crippen LogP contribution >= 0.6 is 12.4 Å². The standard InChI is InChI=1S/C20H16N6O4.ClH/c27-17(23-25-19(29)15-5-9-21-10-6-15)13-1-2-14(4-3-13)18(28)24-26-20(30)16-7-11-22-12-8-16;/h1-12H,(H,23,27)(H,24,28)(H,25,29)(H,26,30);1H. The van der Waals surface area contributed by atoms with Gasteiger partial charge in [0.05, 0.1) is 0 Å². The van der Waals surface area contributed by atoms with Gasteiger partial charge in [0.25, 0.3) is 23.6 Å². The van der Waals surface area contributed by atoms with Crippen LogP contribution in [-0.2, 0) is 0 Å². The maximum atomic E-state index is 12.1. The number of carbonyl (C=O) groups is 4. The summed E-state index contributed by atoms with van der Waals surface area (Å²) in [6, 6.07) is 11.7. The first-order valence-electron chi connectivity index (χ1n) is 8.66. The van der Waals surface area contributed by atoms with Crippen molar-refractivity contribution >= 4 is 36.0 Å². The molecule has 0 saturated carbocycles. The molecule has 4 N–H and O–H groups in total. The number of carbonyl (C=O) groups excluding carboxylic acids is 4. The summed E-state index contributed by atoms with van der Waals surface area (Å²) in [5.41, 5.74) is 10.3. The molecule has 1 aromatic carbocycles. The number of rotatable bonds is 4. The minimum Gasteiger partial charge on any atom is -0.267 e. The van der Waals surface area contributed by atoms with Gasteiger partial charge in [-0.2, -0.15) is 0 Å². The first kappa shape index (κ1) is 23.0. The molecule has 0 unspecified atom stereocenters. The van der Waals surface area contributed by atoms with Crippen LogP contribution < -0.4 is 21.7 Å². The molecule has 31 heavy (non-hydrogen) atoms. The van der Waals surface area contributed by atoms with Crippen LogP contribution in [0.3, 0.4) is 0 Å². The van der Waals surface area contributed by atoms with Crippen molar-refractivity contribution in [2.45, 2.75) is 0 Å². The van der Waals surface area contributed by atoms with Gasteiger partial charge in [-0.3, -0.25) is 50.8 Å². The second-order valence-electron chi connectivity index (χ2n) is 5.87. The second kappa shape index (κ2) is 11.0. The largest absolute Gasteiger partial charge is 0.269 e. The SMILES string of the molecule is Cl.O=C(NNC(=O)c1ccc(C(=O)NNC(=O)c2ccncc2)cc1)c1ccncc1. The molecule has 0 aliphatic rings. The van der Waals surface area contributed by atoms with E-state index in [1.165, 1.54) is 73.3 Å². The van der Waals surface area contributed by atoms with E-state index in [1.807, 2.05) is 0 Å². The van der Waals surface area contributed by atoms with E-state index >= 15 is 0 Å². The minimum absolute atomic E-state index is 0. The number of hydrogen-bond acceptors (Lipinski definition) is 6. The Morgan fingerprint density at radius 3 is 0.935 bits per heavy atom. The predicted octanol–water partition coefficient (Wildman–Crippen LogP) is 1.05. The zero-order chi connectivity index (χ0) is 21.3. The maximum Gasteiger partial charge on any atom is 0.269 e. The van der Waals surface area contributed by atoms with Gasteiger partial charge in [-0.25, -0.2) is 0 Å². The lowest BCUT2D eigenvalue weighted by atomic mass is 10.1. The first-order valence-corrected chi connectivity index (χ1v) is 8.66. The number of nitrogens with zero attached hydrogens (tertiary/aromatic N) is 2. The third-order valence-electron chi connectivity index (χ3n) is 3.87. The Labute approximate surface area is 182 Å². The molecule has 0 saturated heterocycles. The highest BCUT2D eigenvalue weighted by Gasteiger charge is 2.12. The Bertz CT molecular complexity index is 976. The second-order valence-corrected chi connectivity index (χ2v) is 5.87. The van der Waals surface area contributed by atoms with E-state index in [4.69, 9.17) is 0 Å². The third-order valence-corrected chi connectivity index (χ3v) is 3.87. The average molecular weight is 441 g/mol. The zero-order valence-corrected chi connectivity index (χ0v) is 16.7. The van der Waals surface area contributed by atoms with Crippen molar-refractivity contribution < 1.29 is 19.2 Å². The van der Waals surface area contributed by atoms with Gasteiger partial charge in [-0.15, -0.1) is 12.4 Å².